The maximum absolute atomic E-state index is 13.2. The SMILES string of the molecule is COC(=O)C(N)CCC(=O)NC(CCC(=O)NC(CCC(=O)NCCCCCCCCNc1cccc2c1C(=O)N(C1CCC(=O)NC1=O)C2=O)C(=O)OC)C(=O)OC. The van der Waals surface area contributed by atoms with Gasteiger partial charge in [-0.05, 0) is 50.7 Å². The minimum Gasteiger partial charge on any atom is -0.468 e. The molecule has 7 N–H and O–H groups in total. The van der Waals surface area contributed by atoms with Gasteiger partial charge in [-0.15, -0.1) is 0 Å². The molecule has 1 aromatic rings. The number of nitrogens with zero attached hydrogens (tertiary/aromatic N) is 1. The number of amides is 7. The highest BCUT2D eigenvalue weighted by atomic mass is 16.5. The zero-order valence-corrected chi connectivity index (χ0v) is 33.7. The molecule has 0 aliphatic carbocycles. The molecule has 0 spiro atoms. The van der Waals surface area contributed by atoms with E-state index in [1.165, 1.54) is 0 Å². The molecule has 324 valence electrons. The second-order valence-corrected chi connectivity index (χ2v) is 14.1. The first kappa shape index (κ1) is 47.5. The summed E-state index contributed by atoms with van der Waals surface area (Å²) < 4.78 is 14.0. The van der Waals surface area contributed by atoms with Crippen molar-refractivity contribution >= 4 is 64.9 Å². The Balaban J connectivity index is 1.30. The number of hydrogen-bond acceptors (Lipinski definition) is 15. The van der Waals surface area contributed by atoms with E-state index in [0.29, 0.717) is 18.8 Å². The fourth-order valence-corrected chi connectivity index (χ4v) is 6.58. The molecule has 4 atom stereocenters. The molecule has 0 saturated carbocycles. The lowest BCUT2D eigenvalue weighted by Gasteiger charge is -2.27. The molecule has 1 fully saturated rings. The van der Waals surface area contributed by atoms with Gasteiger partial charge in [-0.3, -0.25) is 48.6 Å². The molecule has 20 nitrogen and oxygen atoms in total. The fraction of sp³-hybridized carbons (Fsp3) is 0.590. The number of piperidine rings is 1. The van der Waals surface area contributed by atoms with E-state index in [2.05, 4.69) is 31.3 Å². The Labute approximate surface area is 341 Å². The van der Waals surface area contributed by atoms with Crippen LogP contribution in [-0.2, 0) is 52.6 Å². The number of rotatable bonds is 25. The van der Waals surface area contributed by atoms with Crippen LogP contribution < -0.4 is 32.3 Å². The summed E-state index contributed by atoms with van der Waals surface area (Å²) in [5.74, 6) is -5.99. The molecule has 2 aliphatic heterocycles. The van der Waals surface area contributed by atoms with Crippen LogP contribution in [0.2, 0.25) is 0 Å². The Morgan fingerprint density at radius 3 is 1.85 bits per heavy atom. The van der Waals surface area contributed by atoms with Crippen LogP contribution in [0, 0.1) is 0 Å². The number of unbranched alkanes of at least 4 members (excludes halogenated alkanes) is 5. The number of carbonyl (C=O) groups excluding carboxylic acids is 10. The van der Waals surface area contributed by atoms with Crippen molar-refractivity contribution in [3.8, 4) is 0 Å². The van der Waals surface area contributed by atoms with E-state index in [0.717, 1.165) is 64.8 Å². The van der Waals surface area contributed by atoms with Crippen LogP contribution in [0.4, 0.5) is 5.69 Å². The topological polar surface area (TPSA) is 288 Å². The van der Waals surface area contributed by atoms with Crippen molar-refractivity contribution in [1.29, 1.82) is 0 Å². The molecule has 2 aliphatic rings. The van der Waals surface area contributed by atoms with Gasteiger partial charge in [0.05, 0.1) is 32.5 Å². The Morgan fingerprint density at radius 1 is 0.729 bits per heavy atom. The summed E-state index contributed by atoms with van der Waals surface area (Å²) >= 11 is 0. The maximum atomic E-state index is 13.2. The molecule has 1 aromatic carbocycles. The van der Waals surface area contributed by atoms with Crippen LogP contribution >= 0.6 is 0 Å². The second-order valence-electron chi connectivity index (χ2n) is 14.1. The average molecular weight is 830 g/mol. The molecular formula is C39H55N7O13. The maximum Gasteiger partial charge on any atom is 0.328 e. The van der Waals surface area contributed by atoms with Gasteiger partial charge in [0.2, 0.25) is 29.5 Å². The predicted octanol–water partition coefficient (Wildman–Crippen LogP) is 0.113. The van der Waals surface area contributed by atoms with Crippen molar-refractivity contribution in [3.63, 3.8) is 0 Å². The summed E-state index contributed by atoms with van der Waals surface area (Å²) in [6.45, 7) is 0.981. The standard InChI is InChI=1S/C39H55N7O13/c1-57-37(54)24(40)13-17-30(48)43-27(39(56)59-3)15-19-31(49)44-26(38(55)58-2)14-18-29(47)42-22-9-7-5-4-6-8-21-41-25-12-10-11-23-33(25)36(53)46(35(23)52)28-16-20-32(50)45-34(28)51/h10-12,24,26-28,41H,4-9,13-22,40H2,1-3H3,(H,42,47)(H,43,48)(H,44,49)(H,45,50,51). The van der Waals surface area contributed by atoms with Gasteiger partial charge in [-0.2, -0.15) is 0 Å². The third-order valence-corrected chi connectivity index (χ3v) is 9.86. The second kappa shape index (κ2) is 24.1. The number of methoxy groups -OCH3 is 3. The lowest BCUT2D eigenvalue weighted by atomic mass is 10.0. The molecule has 4 unspecified atom stereocenters. The monoisotopic (exact) mass is 829 g/mol. The number of ether oxygens (including phenoxy) is 3. The smallest absolute Gasteiger partial charge is 0.328 e. The number of imide groups is 2. The average Bonchev–Trinajstić information content (AvgIpc) is 3.48. The minimum absolute atomic E-state index is 0.0321. The van der Waals surface area contributed by atoms with Gasteiger partial charge in [0.15, 0.2) is 0 Å². The first-order chi connectivity index (χ1) is 28.2. The number of anilines is 1. The van der Waals surface area contributed by atoms with Gasteiger partial charge in [0, 0.05) is 44.5 Å². The lowest BCUT2D eigenvalue weighted by Crippen LogP contribution is -2.54. The zero-order chi connectivity index (χ0) is 43.5. The summed E-state index contributed by atoms with van der Waals surface area (Å²) in [7, 11) is 3.43. The first-order valence-electron chi connectivity index (χ1n) is 19.6. The molecule has 0 aromatic heterocycles. The summed E-state index contributed by atoms with van der Waals surface area (Å²) in [6.07, 6.45) is 4.52. The van der Waals surface area contributed by atoms with E-state index in [4.69, 9.17) is 15.2 Å². The van der Waals surface area contributed by atoms with Crippen molar-refractivity contribution in [1.82, 2.24) is 26.2 Å². The van der Waals surface area contributed by atoms with E-state index in [1.807, 2.05) is 0 Å². The number of benzene rings is 1. The van der Waals surface area contributed by atoms with Crippen molar-refractivity contribution < 1.29 is 62.2 Å². The van der Waals surface area contributed by atoms with Gasteiger partial charge in [0.1, 0.15) is 24.2 Å². The lowest BCUT2D eigenvalue weighted by molar-refractivity contribution is -0.147. The zero-order valence-electron chi connectivity index (χ0n) is 33.7. The van der Waals surface area contributed by atoms with Crippen LogP contribution in [0.5, 0.6) is 0 Å². The Morgan fingerprint density at radius 2 is 1.27 bits per heavy atom. The molecule has 0 bridgehead atoms. The van der Waals surface area contributed by atoms with E-state index in [9.17, 15) is 47.9 Å². The van der Waals surface area contributed by atoms with Crippen molar-refractivity contribution in [2.24, 2.45) is 5.73 Å². The third kappa shape index (κ3) is 14.4. The highest BCUT2D eigenvalue weighted by molar-refractivity contribution is 6.25. The highest BCUT2D eigenvalue weighted by Crippen LogP contribution is 2.32. The number of nitrogens with one attached hydrogen (secondary N) is 5. The van der Waals surface area contributed by atoms with Crippen LogP contribution in [0.25, 0.3) is 0 Å². The number of hydrogen-bond donors (Lipinski definition) is 6. The predicted molar refractivity (Wildman–Crippen MR) is 208 cm³/mol. The Bertz CT molecular complexity index is 1740. The Kier molecular flexibility index (Phi) is 19.4. The van der Waals surface area contributed by atoms with Crippen LogP contribution in [0.1, 0.15) is 111 Å². The van der Waals surface area contributed by atoms with E-state index in [-0.39, 0.29) is 68.4 Å². The van der Waals surface area contributed by atoms with Crippen molar-refractivity contribution in [2.45, 2.75) is 114 Å². The first-order valence-corrected chi connectivity index (χ1v) is 19.6. The van der Waals surface area contributed by atoms with E-state index >= 15 is 0 Å². The van der Waals surface area contributed by atoms with Crippen LogP contribution in [0.3, 0.4) is 0 Å². The summed E-state index contributed by atoms with van der Waals surface area (Å²) in [5, 5.41) is 13.2. The van der Waals surface area contributed by atoms with Crippen LogP contribution in [0.15, 0.2) is 18.2 Å². The van der Waals surface area contributed by atoms with Crippen molar-refractivity contribution in [3.05, 3.63) is 29.3 Å². The highest BCUT2D eigenvalue weighted by Gasteiger charge is 2.45. The summed E-state index contributed by atoms with van der Waals surface area (Å²) in [6, 6.07) is 0.568. The molecule has 20 heteroatoms. The minimum atomic E-state index is -1.18. The number of carbonyl (C=O) groups is 10. The third-order valence-electron chi connectivity index (χ3n) is 9.86. The van der Waals surface area contributed by atoms with E-state index in [1.54, 1.807) is 18.2 Å². The summed E-state index contributed by atoms with van der Waals surface area (Å²) in [5.41, 5.74) is 6.58. The number of fused-ring (bicyclic) bond motifs is 1. The molecule has 3 rings (SSSR count). The molecule has 0 radical (unpaired) electrons. The Hall–Kier alpha value is -5.92. The molecule has 59 heavy (non-hydrogen) atoms. The van der Waals surface area contributed by atoms with Crippen LogP contribution in [-0.4, -0.2) is 123 Å². The largest absolute Gasteiger partial charge is 0.468 e. The molecule has 1 saturated heterocycles. The van der Waals surface area contributed by atoms with Gasteiger partial charge in [0.25, 0.3) is 11.8 Å². The molecule has 2 heterocycles. The summed E-state index contributed by atoms with van der Waals surface area (Å²) in [4.78, 5) is 125. The van der Waals surface area contributed by atoms with Gasteiger partial charge in [-0.1, -0.05) is 31.7 Å². The number of nitrogens with two attached hydrogens (primary N) is 1. The van der Waals surface area contributed by atoms with Crippen molar-refractivity contribution in [2.75, 3.05) is 39.7 Å². The quantitative estimate of drug-likeness (QED) is 0.0330. The van der Waals surface area contributed by atoms with E-state index < -0.39 is 77.5 Å². The van der Waals surface area contributed by atoms with Gasteiger partial charge < -0.3 is 41.2 Å². The van der Waals surface area contributed by atoms with Gasteiger partial charge >= 0.3 is 17.9 Å². The molecular weight excluding hydrogens is 774 g/mol. The fourth-order valence-electron chi connectivity index (χ4n) is 6.58. The van der Waals surface area contributed by atoms with Gasteiger partial charge in [-0.25, -0.2) is 9.59 Å². The molecule has 7 amide bonds. The normalized spacial score (nSPS) is 16.2. The number of esters is 3.